The number of hydrogen-bond acceptors (Lipinski definition) is 4. The summed E-state index contributed by atoms with van der Waals surface area (Å²) < 4.78 is 2.97. The number of aromatic nitrogens is 4. The van der Waals surface area contributed by atoms with Crippen molar-refractivity contribution in [1.29, 1.82) is 0 Å². The van der Waals surface area contributed by atoms with Crippen LogP contribution in [0.5, 0.6) is 0 Å². The van der Waals surface area contributed by atoms with Gasteiger partial charge < -0.3 is 0 Å². The van der Waals surface area contributed by atoms with E-state index in [9.17, 15) is 0 Å². The maximum absolute atomic E-state index is 4.74. The molecule has 4 nitrogen and oxygen atoms in total. The Morgan fingerprint density at radius 1 is 1.09 bits per heavy atom. The Balaban J connectivity index is 1.93. The van der Waals surface area contributed by atoms with E-state index in [1.54, 1.807) is 11.3 Å². The second kappa shape index (κ2) is 5.44. The standard InChI is InChI=1S/C16H13BrN4S/c1-2-5-14-18-19-16-21(14)20-15(22-16)12-8-3-7-11-10(12)6-4-9-13(11)17/h3-4,6-9H,2,5H2,1H3. The van der Waals surface area contributed by atoms with Crippen molar-refractivity contribution < 1.29 is 0 Å². The Kier molecular flexibility index (Phi) is 3.43. The van der Waals surface area contributed by atoms with Gasteiger partial charge in [0.2, 0.25) is 4.96 Å². The molecule has 0 unspecified atom stereocenters. The summed E-state index contributed by atoms with van der Waals surface area (Å²) in [6, 6.07) is 12.5. The molecule has 0 aliphatic carbocycles. The third kappa shape index (κ3) is 2.14. The Labute approximate surface area is 139 Å². The first-order valence-electron chi connectivity index (χ1n) is 7.16. The van der Waals surface area contributed by atoms with Gasteiger partial charge in [0.1, 0.15) is 5.01 Å². The van der Waals surface area contributed by atoms with E-state index in [1.165, 1.54) is 10.8 Å². The predicted octanol–water partition coefficient (Wildman–Crippen LogP) is 4.72. The molecule has 0 spiro atoms. The van der Waals surface area contributed by atoms with Gasteiger partial charge in [-0.3, -0.25) is 0 Å². The molecule has 4 aromatic rings. The Bertz CT molecular complexity index is 973. The highest BCUT2D eigenvalue weighted by molar-refractivity contribution is 9.10. The lowest BCUT2D eigenvalue weighted by molar-refractivity contribution is 0.778. The van der Waals surface area contributed by atoms with Gasteiger partial charge in [-0.25, -0.2) is 0 Å². The van der Waals surface area contributed by atoms with Gasteiger partial charge in [0, 0.05) is 16.5 Å². The van der Waals surface area contributed by atoms with E-state index >= 15 is 0 Å². The van der Waals surface area contributed by atoms with E-state index in [2.05, 4.69) is 69.4 Å². The van der Waals surface area contributed by atoms with Crippen LogP contribution in [0, 0.1) is 0 Å². The number of halogens is 1. The average Bonchev–Trinajstić information content (AvgIpc) is 3.09. The summed E-state index contributed by atoms with van der Waals surface area (Å²) in [4.78, 5) is 0.852. The summed E-state index contributed by atoms with van der Waals surface area (Å²) in [5.74, 6) is 0.932. The topological polar surface area (TPSA) is 43.1 Å². The van der Waals surface area contributed by atoms with Crippen LogP contribution in [0.3, 0.4) is 0 Å². The van der Waals surface area contributed by atoms with E-state index in [0.29, 0.717) is 0 Å². The van der Waals surface area contributed by atoms with Crippen LogP contribution >= 0.6 is 27.3 Å². The summed E-state index contributed by atoms with van der Waals surface area (Å²) in [6.07, 6.45) is 1.93. The molecule has 6 heteroatoms. The monoisotopic (exact) mass is 372 g/mol. The maximum atomic E-state index is 4.74. The van der Waals surface area contributed by atoms with Crippen molar-refractivity contribution in [2.75, 3.05) is 0 Å². The smallest absolute Gasteiger partial charge is 0.187 e. The zero-order valence-electron chi connectivity index (χ0n) is 12.0. The summed E-state index contributed by atoms with van der Waals surface area (Å²) in [6.45, 7) is 2.14. The molecule has 0 aliphatic heterocycles. The summed E-state index contributed by atoms with van der Waals surface area (Å²) in [7, 11) is 0. The number of fused-ring (bicyclic) bond motifs is 2. The Morgan fingerprint density at radius 3 is 2.77 bits per heavy atom. The summed E-state index contributed by atoms with van der Waals surface area (Å²) in [5, 5.41) is 16.6. The van der Waals surface area contributed by atoms with Crippen LogP contribution in [0.25, 0.3) is 26.3 Å². The molecule has 0 aliphatic rings. The van der Waals surface area contributed by atoms with E-state index in [4.69, 9.17) is 5.10 Å². The molecular weight excluding hydrogens is 360 g/mol. The zero-order valence-corrected chi connectivity index (χ0v) is 14.4. The average molecular weight is 373 g/mol. The van der Waals surface area contributed by atoms with E-state index < -0.39 is 0 Å². The highest BCUT2D eigenvalue weighted by Gasteiger charge is 2.14. The second-order valence-corrected chi connectivity index (χ2v) is 6.92. The first-order chi connectivity index (χ1) is 10.8. The Hall–Kier alpha value is -1.79. The van der Waals surface area contributed by atoms with Crippen molar-refractivity contribution in [1.82, 2.24) is 19.8 Å². The van der Waals surface area contributed by atoms with E-state index in [-0.39, 0.29) is 0 Å². The largest absolute Gasteiger partial charge is 0.234 e. The molecule has 110 valence electrons. The van der Waals surface area contributed by atoms with Crippen molar-refractivity contribution in [2.24, 2.45) is 0 Å². The molecule has 4 rings (SSSR count). The fourth-order valence-electron chi connectivity index (χ4n) is 2.60. The number of nitrogens with zero attached hydrogens (tertiary/aromatic N) is 4. The summed E-state index contributed by atoms with van der Waals surface area (Å²) >= 11 is 5.20. The van der Waals surface area contributed by atoms with Gasteiger partial charge in [-0.1, -0.05) is 64.5 Å². The highest BCUT2D eigenvalue weighted by Crippen LogP contribution is 2.34. The van der Waals surface area contributed by atoms with Crippen LogP contribution in [-0.2, 0) is 6.42 Å². The number of rotatable bonds is 3. The molecule has 2 aromatic carbocycles. The second-order valence-electron chi connectivity index (χ2n) is 5.11. The minimum atomic E-state index is 0.852. The van der Waals surface area contributed by atoms with Crippen molar-refractivity contribution in [2.45, 2.75) is 19.8 Å². The molecule has 0 radical (unpaired) electrons. The van der Waals surface area contributed by atoms with Gasteiger partial charge in [0.25, 0.3) is 0 Å². The number of hydrogen-bond donors (Lipinski definition) is 0. The molecule has 22 heavy (non-hydrogen) atoms. The van der Waals surface area contributed by atoms with Crippen molar-refractivity contribution in [3.05, 3.63) is 46.7 Å². The van der Waals surface area contributed by atoms with E-state index in [1.807, 2.05) is 4.52 Å². The molecule has 2 aromatic heterocycles. The summed E-state index contributed by atoms with van der Waals surface area (Å²) in [5.41, 5.74) is 1.14. The minimum Gasteiger partial charge on any atom is -0.187 e. The van der Waals surface area contributed by atoms with Crippen molar-refractivity contribution in [3.63, 3.8) is 0 Å². The zero-order chi connectivity index (χ0) is 15.1. The quantitative estimate of drug-likeness (QED) is 0.522. The van der Waals surface area contributed by atoms with Crippen LogP contribution in [-0.4, -0.2) is 19.8 Å². The molecule has 0 saturated heterocycles. The first kappa shape index (κ1) is 13.8. The minimum absolute atomic E-state index is 0.852. The molecule has 0 N–H and O–H groups in total. The van der Waals surface area contributed by atoms with Gasteiger partial charge in [-0.05, 0) is 23.3 Å². The molecule has 0 fully saturated rings. The molecule has 0 saturated carbocycles. The Morgan fingerprint density at radius 2 is 1.91 bits per heavy atom. The van der Waals surface area contributed by atoms with Gasteiger partial charge in [-0.2, -0.15) is 9.61 Å². The fraction of sp³-hybridized carbons (Fsp3) is 0.188. The maximum Gasteiger partial charge on any atom is 0.234 e. The van der Waals surface area contributed by atoms with Crippen molar-refractivity contribution in [3.8, 4) is 10.6 Å². The van der Waals surface area contributed by atoms with Gasteiger partial charge in [0.15, 0.2) is 5.82 Å². The lowest BCUT2D eigenvalue weighted by Crippen LogP contribution is -1.95. The highest BCUT2D eigenvalue weighted by atomic mass is 79.9. The molecule has 2 heterocycles. The molecule has 0 amide bonds. The van der Waals surface area contributed by atoms with Crippen LogP contribution in [0.4, 0.5) is 0 Å². The third-order valence-corrected chi connectivity index (χ3v) is 5.25. The van der Waals surface area contributed by atoms with Crippen LogP contribution in [0.15, 0.2) is 40.9 Å². The predicted molar refractivity (Wildman–Crippen MR) is 93.3 cm³/mol. The lowest BCUT2D eigenvalue weighted by Gasteiger charge is -2.04. The van der Waals surface area contributed by atoms with Gasteiger partial charge in [-0.15, -0.1) is 10.2 Å². The third-order valence-electron chi connectivity index (χ3n) is 3.63. The fourth-order valence-corrected chi connectivity index (χ4v) is 4.00. The van der Waals surface area contributed by atoms with Gasteiger partial charge in [0.05, 0.1) is 0 Å². The lowest BCUT2D eigenvalue weighted by atomic mass is 10.1. The van der Waals surface area contributed by atoms with E-state index in [0.717, 1.165) is 38.7 Å². The molecular formula is C16H13BrN4S. The number of aryl methyl sites for hydroxylation is 1. The SMILES string of the molecule is CCCc1nnc2sc(-c3cccc4c(Br)cccc34)nn12. The number of benzene rings is 2. The molecule has 0 atom stereocenters. The van der Waals surface area contributed by atoms with Gasteiger partial charge >= 0.3 is 0 Å². The first-order valence-corrected chi connectivity index (χ1v) is 8.77. The van der Waals surface area contributed by atoms with Crippen molar-refractivity contribution >= 4 is 43.0 Å². The molecule has 0 bridgehead atoms. The normalized spacial score (nSPS) is 11.5. The van der Waals surface area contributed by atoms with Crippen LogP contribution in [0.1, 0.15) is 19.2 Å². The van der Waals surface area contributed by atoms with Crippen LogP contribution in [0.2, 0.25) is 0 Å². The van der Waals surface area contributed by atoms with Crippen LogP contribution < -0.4 is 0 Å².